The molecule has 0 fully saturated rings. The van der Waals surface area contributed by atoms with E-state index in [1.54, 1.807) is 29.1 Å². The normalized spacial score (nSPS) is 20.7. The Morgan fingerprint density at radius 1 is 1.13 bits per heavy atom. The van der Waals surface area contributed by atoms with E-state index in [9.17, 15) is 18.3 Å². The molecule has 1 aromatic heterocycles. The van der Waals surface area contributed by atoms with Crippen molar-refractivity contribution in [2.24, 2.45) is 0 Å². The summed E-state index contributed by atoms with van der Waals surface area (Å²) in [7, 11) is -2.12. The monoisotopic (exact) mass is 438 g/mol. The topological polar surface area (TPSA) is 47.3 Å². The SMILES string of the molecule is CC(O)(c1ccc2c(cnn2-c2ccccc2)c1)C(F)[SH]1C=CC=C1OC(F)(F)F. The molecule has 0 amide bonds. The van der Waals surface area contributed by atoms with E-state index < -0.39 is 33.5 Å². The molecule has 3 unspecified atom stereocenters. The Morgan fingerprint density at radius 3 is 2.57 bits per heavy atom. The lowest BCUT2D eigenvalue weighted by Gasteiger charge is -2.34. The fraction of sp³-hybridized carbons (Fsp3) is 0.190. The zero-order valence-corrected chi connectivity index (χ0v) is 16.6. The van der Waals surface area contributed by atoms with Crippen molar-refractivity contribution in [1.82, 2.24) is 9.78 Å². The number of benzene rings is 2. The summed E-state index contributed by atoms with van der Waals surface area (Å²) < 4.78 is 58.8. The average Bonchev–Trinajstić information content (AvgIpc) is 3.33. The van der Waals surface area contributed by atoms with Crippen LogP contribution in [0.3, 0.4) is 0 Å². The molecule has 0 spiro atoms. The third-order valence-electron chi connectivity index (χ3n) is 4.82. The predicted octanol–water partition coefficient (Wildman–Crippen LogP) is 5.43. The molecule has 1 aliphatic rings. The highest BCUT2D eigenvalue weighted by atomic mass is 32.2. The largest absolute Gasteiger partial charge is 0.573 e. The number of hydrogen-bond donors (Lipinski definition) is 2. The van der Waals surface area contributed by atoms with Crippen molar-refractivity contribution in [3.8, 4) is 5.69 Å². The Morgan fingerprint density at radius 2 is 1.87 bits per heavy atom. The summed E-state index contributed by atoms with van der Waals surface area (Å²) in [6, 6.07) is 14.3. The third-order valence-corrected chi connectivity index (χ3v) is 7.06. The van der Waals surface area contributed by atoms with Gasteiger partial charge in [0, 0.05) is 5.39 Å². The number of thiol groups is 1. The number of aliphatic hydroxyl groups is 1. The minimum atomic E-state index is -4.92. The van der Waals surface area contributed by atoms with Crippen LogP contribution in [-0.4, -0.2) is 26.8 Å². The maximum Gasteiger partial charge on any atom is 0.573 e. The van der Waals surface area contributed by atoms with Gasteiger partial charge >= 0.3 is 6.36 Å². The number of aromatic nitrogens is 2. The number of alkyl halides is 4. The first-order valence-corrected chi connectivity index (χ1v) is 10.5. The van der Waals surface area contributed by atoms with E-state index >= 15 is 4.39 Å². The summed E-state index contributed by atoms with van der Waals surface area (Å²) in [5.41, 5.74) is -2.19. The van der Waals surface area contributed by atoms with E-state index in [2.05, 4.69) is 9.84 Å². The van der Waals surface area contributed by atoms with E-state index in [4.69, 9.17) is 0 Å². The Kier molecular flexibility index (Phi) is 5.11. The molecule has 158 valence electrons. The molecule has 3 aromatic rings. The van der Waals surface area contributed by atoms with Crippen LogP contribution in [0.25, 0.3) is 16.6 Å². The van der Waals surface area contributed by atoms with Crippen LogP contribution in [0.4, 0.5) is 17.6 Å². The molecular weight excluding hydrogens is 420 g/mol. The van der Waals surface area contributed by atoms with E-state index in [0.29, 0.717) is 5.39 Å². The highest BCUT2D eigenvalue weighted by Crippen LogP contribution is 2.53. The van der Waals surface area contributed by atoms with Gasteiger partial charge in [-0.25, -0.2) is 9.07 Å². The van der Waals surface area contributed by atoms with Gasteiger partial charge in [-0.15, -0.1) is 24.1 Å². The second-order valence-corrected chi connectivity index (χ2v) is 8.96. The fourth-order valence-electron chi connectivity index (χ4n) is 3.30. The van der Waals surface area contributed by atoms with Crippen molar-refractivity contribution in [2.45, 2.75) is 24.4 Å². The van der Waals surface area contributed by atoms with Gasteiger partial charge < -0.3 is 9.84 Å². The summed E-state index contributed by atoms with van der Waals surface area (Å²) in [6.45, 7) is 1.25. The summed E-state index contributed by atoms with van der Waals surface area (Å²) >= 11 is 0. The average molecular weight is 438 g/mol. The summed E-state index contributed by atoms with van der Waals surface area (Å²) in [5, 5.41) is 16.7. The van der Waals surface area contributed by atoms with Crippen LogP contribution in [0.15, 0.2) is 77.4 Å². The number of hydrogen-bond acceptors (Lipinski definition) is 3. The third kappa shape index (κ3) is 3.82. The lowest BCUT2D eigenvalue weighted by atomic mass is 9.96. The van der Waals surface area contributed by atoms with Gasteiger partial charge in [0.05, 0.1) is 17.4 Å². The number of fused-ring (bicyclic) bond motifs is 1. The minimum Gasteiger partial charge on any atom is -0.401 e. The van der Waals surface area contributed by atoms with Crippen molar-refractivity contribution in [1.29, 1.82) is 0 Å². The van der Waals surface area contributed by atoms with Gasteiger partial charge in [-0.3, -0.25) is 0 Å². The smallest absolute Gasteiger partial charge is 0.401 e. The lowest BCUT2D eigenvalue weighted by Crippen LogP contribution is -2.33. The minimum absolute atomic E-state index is 0.240. The Hall–Kier alpha value is -2.78. The first kappa shape index (κ1) is 20.5. The maximum absolute atomic E-state index is 15.3. The molecule has 2 heterocycles. The highest BCUT2D eigenvalue weighted by molar-refractivity contribution is 8.23. The van der Waals surface area contributed by atoms with Gasteiger partial charge in [0.2, 0.25) is 0 Å². The lowest BCUT2D eigenvalue weighted by molar-refractivity contribution is -0.300. The number of rotatable bonds is 5. The van der Waals surface area contributed by atoms with Crippen molar-refractivity contribution < 1.29 is 27.4 Å². The Labute approximate surface area is 172 Å². The summed E-state index contributed by atoms with van der Waals surface area (Å²) in [4.78, 5) is 0. The molecule has 4 rings (SSSR count). The van der Waals surface area contributed by atoms with Crippen LogP contribution in [0, 0.1) is 0 Å². The Bertz CT molecular complexity index is 1120. The molecule has 3 atom stereocenters. The Balaban J connectivity index is 1.64. The molecule has 9 heteroatoms. The van der Waals surface area contributed by atoms with Gasteiger partial charge in [0.1, 0.15) is 10.7 Å². The van der Waals surface area contributed by atoms with Crippen LogP contribution in [0.1, 0.15) is 12.5 Å². The van der Waals surface area contributed by atoms with Crippen LogP contribution in [0.5, 0.6) is 0 Å². The van der Waals surface area contributed by atoms with Crippen LogP contribution in [-0.2, 0) is 10.3 Å². The first-order chi connectivity index (χ1) is 14.2. The zero-order chi connectivity index (χ0) is 21.5. The van der Waals surface area contributed by atoms with Crippen LogP contribution < -0.4 is 0 Å². The summed E-state index contributed by atoms with van der Waals surface area (Å²) in [6.07, 6.45) is -0.944. The second kappa shape index (κ2) is 7.48. The standard InChI is InChI=1S/C21H18F4N2O2S/c1-20(28,19(22)30-11-5-8-18(30)29-21(23,24)25)15-9-10-17-14(12-15)13-26-27(17)16-6-3-2-4-7-16/h2-13,19,28,30H,1H3. The quantitative estimate of drug-likeness (QED) is 0.412. The number of nitrogens with zero attached hydrogens (tertiary/aromatic N) is 2. The fourth-order valence-corrected chi connectivity index (χ4v) is 5.25. The van der Waals surface area contributed by atoms with Crippen molar-refractivity contribution in [3.05, 3.63) is 82.9 Å². The van der Waals surface area contributed by atoms with E-state index in [-0.39, 0.29) is 5.56 Å². The highest BCUT2D eigenvalue weighted by Gasteiger charge is 2.43. The molecule has 0 aliphatic carbocycles. The molecular formula is C21H18F4N2O2S. The molecule has 30 heavy (non-hydrogen) atoms. The summed E-state index contributed by atoms with van der Waals surface area (Å²) in [5.74, 6) is 0. The van der Waals surface area contributed by atoms with Crippen LogP contribution in [0.2, 0.25) is 0 Å². The first-order valence-electron chi connectivity index (χ1n) is 8.99. The van der Waals surface area contributed by atoms with Gasteiger partial charge in [-0.2, -0.15) is 5.10 Å². The van der Waals surface area contributed by atoms with Crippen LogP contribution >= 0.6 is 10.9 Å². The molecule has 0 saturated heterocycles. The number of ether oxygens (including phenoxy) is 1. The second-order valence-electron chi connectivity index (χ2n) is 6.95. The number of para-hydroxylation sites is 1. The number of halogens is 4. The van der Waals surface area contributed by atoms with Gasteiger partial charge in [-0.1, -0.05) is 30.3 Å². The van der Waals surface area contributed by atoms with E-state index in [1.807, 2.05) is 30.3 Å². The van der Waals surface area contributed by atoms with Crippen molar-refractivity contribution >= 4 is 21.8 Å². The van der Waals surface area contributed by atoms with Crippen molar-refractivity contribution in [3.63, 3.8) is 0 Å². The molecule has 2 aromatic carbocycles. The zero-order valence-electron chi connectivity index (χ0n) is 15.7. The maximum atomic E-state index is 15.3. The van der Waals surface area contributed by atoms with Gasteiger partial charge in [0.15, 0.2) is 5.50 Å². The molecule has 4 nitrogen and oxygen atoms in total. The molecule has 1 N–H and O–H groups in total. The molecule has 0 saturated carbocycles. The van der Waals surface area contributed by atoms with E-state index in [0.717, 1.165) is 17.3 Å². The molecule has 0 bridgehead atoms. The van der Waals surface area contributed by atoms with E-state index in [1.165, 1.54) is 18.4 Å². The van der Waals surface area contributed by atoms with Crippen molar-refractivity contribution in [2.75, 3.05) is 0 Å². The van der Waals surface area contributed by atoms with Gasteiger partial charge in [-0.05, 0) is 48.2 Å². The number of allylic oxidation sites excluding steroid dienone is 2. The molecule has 1 aliphatic heterocycles. The molecule has 0 radical (unpaired) electrons. The predicted molar refractivity (Wildman–Crippen MR) is 109 cm³/mol. The van der Waals surface area contributed by atoms with Gasteiger partial charge in [0.25, 0.3) is 0 Å².